The fourth-order valence-electron chi connectivity index (χ4n) is 3.55. The van der Waals surface area contributed by atoms with Gasteiger partial charge in [0.15, 0.2) is 9.84 Å². The molecule has 2 aromatic carbocycles. The summed E-state index contributed by atoms with van der Waals surface area (Å²) >= 11 is 0. The third kappa shape index (κ3) is 4.67. The number of hydrogen-bond acceptors (Lipinski definition) is 7. The van der Waals surface area contributed by atoms with Crippen molar-refractivity contribution in [3.05, 3.63) is 82.7 Å². The number of nitrogens with zero attached hydrogens (tertiary/aromatic N) is 2. The minimum atomic E-state index is -3.58. The molecule has 4 rings (SSSR count). The van der Waals surface area contributed by atoms with Gasteiger partial charge in [0.05, 0.1) is 16.7 Å². The van der Waals surface area contributed by atoms with Crippen LogP contribution >= 0.6 is 0 Å². The third-order valence-corrected chi connectivity index (χ3v) is 7.04. The number of carbonyl (C=O) groups is 2. The van der Waals surface area contributed by atoms with Gasteiger partial charge in [-0.05, 0) is 41.8 Å². The van der Waals surface area contributed by atoms with Gasteiger partial charge in [-0.2, -0.15) is 0 Å². The van der Waals surface area contributed by atoms with Gasteiger partial charge in [0.2, 0.25) is 0 Å². The molecule has 33 heavy (non-hydrogen) atoms. The van der Waals surface area contributed by atoms with Crippen molar-refractivity contribution in [2.75, 3.05) is 11.5 Å². The number of anilines is 1. The molecule has 1 aliphatic rings. The number of fused-ring (bicyclic) bond motifs is 1. The van der Waals surface area contributed by atoms with Crippen molar-refractivity contribution in [1.29, 1.82) is 0 Å². The predicted molar refractivity (Wildman–Crippen MR) is 117 cm³/mol. The van der Waals surface area contributed by atoms with Crippen LogP contribution < -0.4 is 16.4 Å². The lowest BCUT2D eigenvalue weighted by atomic mass is 10.1. The molecule has 0 saturated carbocycles. The summed E-state index contributed by atoms with van der Waals surface area (Å²) in [5.74, 6) is -1.83. The normalized spacial score (nSPS) is 16.1. The molecular formula is C22H20FN5O4S. The Hall–Kier alpha value is -3.86. The molecular weight excluding hydrogens is 449 g/mol. The number of benzene rings is 2. The number of nitrogens with two attached hydrogens (primary N) is 1. The number of nitrogens with one attached hydrogen (secondary N) is 2. The van der Waals surface area contributed by atoms with Crippen LogP contribution in [0.3, 0.4) is 0 Å². The zero-order chi connectivity index (χ0) is 23.8. The van der Waals surface area contributed by atoms with Gasteiger partial charge in [-0.3, -0.25) is 9.59 Å². The average molecular weight is 469 g/mol. The molecule has 0 saturated heterocycles. The van der Waals surface area contributed by atoms with Gasteiger partial charge in [-0.15, -0.1) is 0 Å². The molecule has 1 unspecified atom stereocenters. The molecule has 0 aliphatic carbocycles. The zero-order valence-electron chi connectivity index (χ0n) is 17.5. The Morgan fingerprint density at radius 1 is 1.09 bits per heavy atom. The van der Waals surface area contributed by atoms with E-state index in [0.717, 1.165) is 6.33 Å². The molecule has 9 nitrogen and oxygen atoms in total. The first kappa shape index (κ1) is 22.3. The average Bonchev–Trinajstić information content (AvgIpc) is 3.03. The Morgan fingerprint density at radius 3 is 2.55 bits per heavy atom. The van der Waals surface area contributed by atoms with Crippen molar-refractivity contribution in [2.45, 2.75) is 24.4 Å². The fourth-order valence-corrected chi connectivity index (χ4v) is 5.32. The van der Waals surface area contributed by atoms with E-state index in [1.165, 1.54) is 18.2 Å². The van der Waals surface area contributed by atoms with Gasteiger partial charge in [0, 0.05) is 18.3 Å². The van der Waals surface area contributed by atoms with Crippen molar-refractivity contribution in [2.24, 2.45) is 0 Å². The number of sulfone groups is 1. The summed E-state index contributed by atoms with van der Waals surface area (Å²) in [6.45, 7) is 1.77. The van der Waals surface area contributed by atoms with E-state index in [2.05, 4.69) is 20.6 Å². The molecule has 0 radical (unpaired) electrons. The van der Waals surface area contributed by atoms with E-state index in [1.807, 2.05) is 0 Å². The van der Waals surface area contributed by atoms with E-state index in [4.69, 9.17) is 5.73 Å². The van der Waals surface area contributed by atoms with E-state index in [9.17, 15) is 22.4 Å². The van der Waals surface area contributed by atoms with Crippen LogP contribution in [0.25, 0.3) is 0 Å². The summed E-state index contributed by atoms with van der Waals surface area (Å²) in [5, 5.41) is 5.30. The minimum Gasteiger partial charge on any atom is -0.399 e. The number of halogens is 1. The molecule has 1 aliphatic heterocycles. The van der Waals surface area contributed by atoms with E-state index >= 15 is 0 Å². The summed E-state index contributed by atoms with van der Waals surface area (Å²) in [6, 6.07) is 9.44. The first-order valence-corrected chi connectivity index (χ1v) is 11.6. The van der Waals surface area contributed by atoms with Crippen LogP contribution in [0.5, 0.6) is 0 Å². The number of amides is 2. The molecule has 4 N–H and O–H groups in total. The Bertz CT molecular complexity index is 1380. The van der Waals surface area contributed by atoms with Crippen molar-refractivity contribution < 1.29 is 22.4 Å². The summed E-state index contributed by atoms with van der Waals surface area (Å²) in [6.07, 6.45) is 1.08. The first-order chi connectivity index (χ1) is 15.6. The first-order valence-electron chi connectivity index (χ1n) is 9.92. The molecule has 3 aromatic rings. The van der Waals surface area contributed by atoms with Crippen LogP contribution in [0.2, 0.25) is 0 Å². The molecule has 2 amide bonds. The summed E-state index contributed by atoms with van der Waals surface area (Å²) in [5.41, 5.74) is 7.48. The second-order valence-electron chi connectivity index (χ2n) is 7.66. The number of nitrogen functional groups attached to an aromatic ring is 1. The number of aryl methyl sites for hydroxylation is 1. The molecule has 1 aromatic heterocycles. The van der Waals surface area contributed by atoms with Crippen LogP contribution in [-0.4, -0.2) is 36.0 Å². The van der Waals surface area contributed by atoms with Crippen molar-refractivity contribution >= 4 is 27.3 Å². The van der Waals surface area contributed by atoms with Gasteiger partial charge in [0.1, 0.15) is 23.5 Å². The molecule has 2 heterocycles. The maximum absolute atomic E-state index is 13.4. The van der Waals surface area contributed by atoms with Crippen LogP contribution in [0.1, 0.15) is 43.7 Å². The van der Waals surface area contributed by atoms with E-state index in [-0.39, 0.29) is 34.4 Å². The number of rotatable bonds is 5. The van der Waals surface area contributed by atoms with Crippen molar-refractivity contribution in [3.8, 4) is 0 Å². The number of aromatic nitrogens is 2. The van der Waals surface area contributed by atoms with Gasteiger partial charge in [-0.25, -0.2) is 22.8 Å². The van der Waals surface area contributed by atoms with Gasteiger partial charge in [0.25, 0.3) is 11.8 Å². The SMILES string of the molecule is Cc1cc(CNC(=O)c2cc(C(=O)NC3CS(=O)(=O)c4cc(N)ccc43)ncn2)ccc1F. The topological polar surface area (TPSA) is 144 Å². The molecule has 11 heteroatoms. The standard InChI is InChI=1S/C22H20FN5O4S/c1-12-6-13(2-5-16(12)23)9-25-21(29)17-8-18(27-11-26-17)22(30)28-19-10-33(31,32)20-7-14(24)3-4-15(19)20/h2-8,11,19H,9-10,24H2,1H3,(H,25,29)(H,28,30). The smallest absolute Gasteiger partial charge is 0.270 e. The number of carbonyl (C=O) groups excluding carboxylic acids is 2. The second kappa shape index (κ2) is 8.58. The molecule has 170 valence electrons. The predicted octanol–water partition coefficient (Wildman–Crippen LogP) is 1.69. The Labute approximate surface area is 189 Å². The van der Waals surface area contributed by atoms with Gasteiger partial charge < -0.3 is 16.4 Å². The second-order valence-corrected chi connectivity index (χ2v) is 9.66. The van der Waals surface area contributed by atoms with Crippen molar-refractivity contribution in [1.82, 2.24) is 20.6 Å². The summed E-state index contributed by atoms with van der Waals surface area (Å²) < 4.78 is 38.2. The lowest BCUT2D eigenvalue weighted by Crippen LogP contribution is -2.31. The van der Waals surface area contributed by atoms with Crippen LogP contribution in [0.4, 0.5) is 10.1 Å². The maximum atomic E-state index is 13.4. The lowest BCUT2D eigenvalue weighted by molar-refractivity contribution is 0.0935. The highest BCUT2D eigenvalue weighted by atomic mass is 32.2. The van der Waals surface area contributed by atoms with Gasteiger partial charge >= 0.3 is 0 Å². The largest absolute Gasteiger partial charge is 0.399 e. The highest BCUT2D eigenvalue weighted by molar-refractivity contribution is 7.91. The Morgan fingerprint density at radius 2 is 1.82 bits per heavy atom. The van der Waals surface area contributed by atoms with Crippen molar-refractivity contribution in [3.63, 3.8) is 0 Å². The Balaban J connectivity index is 1.46. The lowest BCUT2D eigenvalue weighted by Gasteiger charge is -2.13. The maximum Gasteiger partial charge on any atom is 0.270 e. The van der Waals surface area contributed by atoms with E-state index < -0.39 is 27.7 Å². The zero-order valence-corrected chi connectivity index (χ0v) is 18.3. The van der Waals surface area contributed by atoms with Gasteiger partial charge in [-0.1, -0.05) is 18.2 Å². The summed E-state index contributed by atoms with van der Waals surface area (Å²) in [7, 11) is -3.58. The molecule has 1 atom stereocenters. The number of hydrogen-bond donors (Lipinski definition) is 3. The fraction of sp³-hybridized carbons (Fsp3) is 0.182. The molecule has 0 spiro atoms. The van der Waals surface area contributed by atoms with Crippen LogP contribution in [-0.2, 0) is 16.4 Å². The quantitative estimate of drug-likeness (QED) is 0.482. The van der Waals surface area contributed by atoms with E-state index in [0.29, 0.717) is 22.4 Å². The van der Waals surface area contributed by atoms with Crippen LogP contribution in [0, 0.1) is 12.7 Å². The third-order valence-electron chi connectivity index (χ3n) is 5.25. The van der Waals surface area contributed by atoms with Crippen LogP contribution in [0.15, 0.2) is 53.7 Å². The minimum absolute atomic E-state index is 0.0406. The summed E-state index contributed by atoms with van der Waals surface area (Å²) in [4.78, 5) is 33.1. The highest BCUT2D eigenvalue weighted by Gasteiger charge is 2.36. The molecule has 0 bridgehead atoms. The van der Waals surface area contributed by atoms with E-state index in [1.54, 1.807) is 31.2 Å². The Kier molecular flexibility index (Phi) is 5.81. The monoisotopic (exact) mass is 469 g/mol. The molecule has 0 fully saturated rings. The highest BCUT2D eigenvalue weighted by Crippen LogP contribution is 2.34.